The standard InChI is InChI=1S/C31H32N2O4/c1-21(2)37-26-13-9-12-23(20-26)29(34)27-28(22-10-5-3-6-11-22)33(31(36)30(27)35)25-16-14-24(15-17-25)32-18-7-4-8-19-32/h3,5-6,9-17,20-21,28,34H,4,7-8,18-19H2,1-2H3/b29-27+. The molecule has 1 unspecified atom stereocenters. The van der Waals surface area contributed by atoms with Crippen LogP contribution < -0.4 is 14.5 Å². The number of nitrogens with zero attached hydrogens (tertiary/aromatic N) is 2. The van der Waals surface area contributed by atoms with Crippen LogP contribution in [-0.2, 0) is 9.59 Å². The quantitative estimate of drug-likeness (QED) is 0.254. The summed E-state index contributed by atoms with van der Waals surface area (Å²) in [7, 11) is 0. The van der Waals surface area contributed by atoms with Gasteiger partial charge in [0.1, 0.15) is 11.5 Å². The molecule has 2 heterocycles. The van der Waals surface area contributed by atoms with Crippen LogP contribution in [0.3, 0.4) is 0 Å². The molecular formula is C31H32N2O4. The zero-order valence-electron chi connectivity index (χ0n) is 21.3. The van der Waals surface area contributed by atoms with Gasteiger partial charge in [0, 0.05) is 30.0 Å². The minimum atomic E-state index is -0.753. The number of amides is 1. The average Bonchev–Trinajstić information content (AvgIpc) is 3.19. The molecule has 1 amide bonds. The lowest BCUT2D eigenvalue weighted by atomic mass is 9.95. The number of ketones is 1. The molecule has 0 saturated carbocycles. The first-order valence-electron chi connectivity index (χ1n) is 12.9. The van der Waals surface area contributed by atoms with Crippen LogP contribution in [0, 0.1) is 0 Å². The van der Waals surface area contributed by atoms with Crippen molar-refractivity contribution < 1.29 is 19.4 Å². The number of benzene rings is 3. The third-order valence-electron chi connectivity index (χ3n) is 6.89. The maximum Gasteiger partial charge on any atom is 0.300 e. The van der Waals surface area contributed by atoms with Crippen LogP contribution in [0.5, 0.6) is 5.75 Å². The topological polar surface area (TPSA) is 70.1 Å². The van der Waals surface area contributed by atoms with E-state index in [0.717, 1.165) is 24.3 Å². The van der Waals surface area contributed by atoms with Gasteiger partial charge in [0.15, 0.2) is 0 Å². The molecule has 2 fully saturated rings. The van der Waals surface area contributed by atoms with E-state index < -0.39 is 17.7 Å². The SMILES string of the molecule is CC(C)Oc1cccc(/C(O)=C2\C(=O)C(=O)N(c3ccc(N4CCCCC4)cc3)C2c2ccccc2)c1. The maximum atomic E-state index is 13.4. The highest BCUT2D eigenvalue weighted by molar-refractivity contribution is 6.51. The van der Waals surface area contributed by atoms with Gasteiger partial charge in [-0.25, -0.2) is 0 Å². The number of hydrogen-bond donors (Lipinski definition) is 1. The summed E-state index contributed by atoms with van der Waals surface area (Å²) < 4.78 is 5.78. The van der Waals surface area contributed by atoms with Crippen molar-refractivity contribution in [3.8, 4) is 5.75 Å². The predicted molar refractivity (Wildman–Crippen MR) is 146 cm³/mol. The van der Waals surface area contributed by atoms with Crippen molar-refractivity contribution in [2.75, 3.05) is 22.9 Å². The van der Waals surface area contributed by atoms with Crippen LogP contribution in [-0.4, -0.2) is 36.0 Å². The van der Waals surface area contributed by atoms with Crippen LogP contribution in [0.1, 0.15) is 50.3 Å². The summed E-state index contributed by atoms with van der Waals surface area (Å²) >= 11 is 0. The van der Waals surface area contributed by atoms with Gasteiger partial charge in [0.25, 0.3) is 11.7 Å². The molecule has 2 saturated heterocycles. The normalized spacial score (nSPS) is 19.5. The predicted octanol–water partition coefficient (Wildman–Crippen LogP) is 6.09. The summed E-state index contributed by atoms with van der Waals surface area (Å²) in [6, 6.07) is 23.4. The van der Waals surface area contributed by atoms with E-state index in [1.165, 1.54) is 24.2 Å². The summed E-state index contributed by atoms with van der Waals surface area (Å²) in [6.45, 7) is 5.88. The molecule has 0 aliphatic carbocycles. The molecule has 2 aliphatic rings. The first-order chi connectivity index (χ1) is 17.9. The van der Waals surface area contributed by atoms with Crippen LogP contribution in [0.4, 0.5) is 11.4 Å². The van der Waals surface area contributed by atoms with Crippen molar-refractivity contribution in [3.63, 3.8) is 0 Å². The Balaban J connectivity index is 1.57. The number of anilines is 2. The van der Waals surface area contributed by atoms with Gasteiger partial charge in [0.05, 0.1) is 17.7 Å². The molecule has 3 aromatic carbocycles. The minimum Gasteiger partial charge on any atom is -0.507 e. The fourth-order valence-corrected chi connectivity index (χ4v) is 5.17. The summed E-state index contributed by atoms with van der Waals surface area (Å²) in [5.74, 6) is -0.996. The van der Waals surface area contributed by atoms with E-state index >= 15 is 0 Å². The first kappa shape index (κ1) is 24.6. The molecule has 6 heteroatoms. The number of carbonyl (C=O) groups excluding carboxylic acids is 2. The number of carbonyl (C=O) groups is 2. The van der Waals surface area contributed by atoms with E-state index in [4.69, 9.17) is 4.74 Å². The monoisotopic (exact) mass is 496 g/mol. The van der Waals surface area contributed by atoms with Gasteiger partial charge in [-0.3, -0.25) is 14.5 Å². The van der Waals surface area contributed by atoms with Crippen LogP contribution in [0.15, 0.2) is 84.4 Å². The second-order valence-electron chi connectivity index (χ2n) is 9.84. The van der Waals surface area contributed by atoms with Crippen molar-refractivity contribution in [2.24, 2.45) is 0 Å². The number of ether oxygens (including phenoxy) is 1. The van der Waals surface area contributed by atoms with Crippen molar-refractivity contribution in [3.05, 3.63) is 95.6 Å². The van der Waals surface area contributed by atoms with Crippen LogP contribution in [0.25, 0.3) is 5.76 Å². The van der Waals surface area contributed by atoms with Gasteiger partial charge in [-0.1, -0.05) is 42.5 Å². The lowest BCUT2D eigenvalue weighted by Crippen LogP contribution is -2.30. The Hall–Kier alpha value is -4.06. The number of piperidine rings is 1. The Kier molecular flexibility index (Phi) is 6.99. The van der Waals surface area contributed by atoms with Gasteiger partial charge in [-0.15, -0.1) is 0 Å². The van der Waals surface area contributed by atoms with Crippen molar-refractivity contribution in [1.82, 2.24) is 0 Å². The van der Waals surface area contributed by atoms with E-state index in [2.05, 4.69) is 4.90 Å². The van der Waals surface area contributed by atoms with Gasteiger partial charge < -0.3 is 14.7 Å². The third kappa shape index (κ3) is 4.96. The molecule has 5 rings (SSSR count). The first-order valence-corrected chi connectivity index (χ1v) is 12.9. The minimum absolute atomic E-state index is 0.0415. The van der Waals surface area contributed by atoms with Crippen LogP contribution in [0.2, 0.25) is 0 Å². The zero-order chi connectivity index (χ0) is 25.9. The van der Waals surface area contributed by atoms with E-state index in [9.17, 15) is 14.7 Å². The molecule has 0 radical (unpaired) electrons. The fraction of sp³-hybridized carbons (Fsp3) is 0.290. The number of hydrogen-bond acceptors (Lipinski definition) is 5. The summed E-state index contributed by atoms with van der Waals surface area (Å²) in [4.78, 5) is 30.7. The third-order valence-corrected chi connectivity index (χ3v) is 6.89. The molecule has 0 spiro atoms. The molecule has 1 atom stereocenters. The number of Topliss-reactive ketones (excluding diaryl/α,β-unsaturated/α-hetero) is 1. The summed E-state index contributed by atoms with van der Waals surface area (Å²) in [5, 5.41) is 11.4. The molecule has 2 aliphatic heterocycles. The number of rotatable bonds is 6. The molecule has 37 heavy (non-hydrogen) atoms. The Morgan fingerprint density at radius 1 is 0.865 bits per heavy atom. The highest BCUT2D eigenvalue weighted by atomic mass is 16.5. The zero-order valence-corrected chi connectivity index (χ0v) is 21.3. The Bertz CT molecular complexity index is 1310. The number of aliphatic hydroxyl groups excluding tert-OH is 1. The van der Waals surface area contributed by atoms with Crippen LogP contribution >= 0.6 is 0 Å². The highest BCUT2D eigenvalue weighted by Crippen LogP contribution is 2.42. The largest absolute Gasteiger partial charge is 0.507 e. The molecule has 6 nitrogen and oxygen atoms in total. The lowest BCUT2D eigenvalue weighted by Gasteiger charge is -2.30. The van der Waals surface area contributed by atoms with E-state index in [-0.39, 0.29) is 17.4 Å². The van der Waals surface area contributed by atoms with Gasteiger partial charge in [-0.2, -0.15) is 0 Å². The highest BCUT2D eigenvalue weighted by Gasteiger charge is 2.47. The molecule has 190 valence electrons. The average molecular weight is 497 g/mol. The number of aliphatic hydroxyl groups is 1. The molecule has 0 aromatic heterocycles. The second kappa shape index (κ2) is 10.5. The maximum absolute atomic E-state index is 13.4. The smallest absolute Gasteiger partial charge is 0.300 e. The van der Waals surface area contributed by atoms with Gasteiger partial charge >= 0.3 is 0 Å². The lowest BCUT2D eigenvalue weighted by molar-refractivity contribution is -0.132. The van der Waals surface area contributed by atoms with Gasteiger partial charge in [-0.05, 0) is 75.1 Å². The van der Waals surface area contributed by atoms with E-state index in [1.807, 2.05) is 68.4 Å². The molecular weight excluding hydrogens is 464 g/mol. The van der Waals surface area contributed by atoms with Crippen molar-refractivity contribution in [2.45, 2.75) is 45.3 Å². The van der Waals surface area contributed by atoms with E-state index in [0.29, 0.717) is 17.0 Å². The molecule has 3 aromatic rings. The Morgan fingerprint density at radius 3 is 2.22 bits per heavy atom. The van der Waals surface area contributed by atoms with Gasteiger partial charge in [0.2, 0.25) is 0 Å². The summed E-state index contributed by atoms with van der Waals surface area (Å²) in [5.41, 5.74) is 2.97. The molecule has 0 bridgehead atoms. The van der Waals surface area contributed by atoms with Crippen molar-refractivity contribution in [1.29, 1.82) is 0 Å². The second-order valence-corrected chi connectivity index (χ2v) is 9.84. The van der Waals surface area contributed by atoms with Crippen molar-refractivity contribution >= 4 is 28.8 Å². The Morgan fingerprint density at radius 2 is 1.54 bits per heavy atom. The Labute approximate surface area is 217 Å². The van der Waals surface area contributed by atoms with E-state index in [1.54, 1.807) is 24.3 Å². The molecule has 1 N–H and O–H groups in total. The fourth-order valence-electron chi connectivity index (χ4n) is 5.17. The summed E-state index contributed by atoms with van der Waals surface area (Å²) in [6.07, 6.45) is 3.56.